The van der Waals surface area contributed by atoms with Gasteiger partial charge in [-0.3, -0.25) is 4.90 Å². The van der Waals surface area contributed by atoms with E-state index in [1.54, 1.807) is 0 Å². The maximum atomic E-state index is 5.62. The fraction of sp³-hybridized carbons (Fsp3) is 0.833. The van der Waals surface area contributed by atoms with Crippen molar-refractivity contribution in [1.82, 2.24) is 4.90 Å². The predicted octanol–water partition coefficient (Wildman–Crippen LogP) is 3.44. The molecule has 1 aliphatic heterocycles. The molecular weight excluding hydrogens is 194 g/mol. The van der Waals surface area contributed by atoms with Crippen LogP contribution in [0.1, 0.15) is 39.0 Å². The molecule has 1 fully saturated rings. The predicted molar refractivity (Wildman–Crippen MR) is 64.0 cm³/mol. The zero-order valence-corrected chi connectivity index (χ0v) is 9.97. The third kappa shape index (κ3) is 4.02. The Bertz CT molecular complexity index is 168. The van der Waals surface area contributed by atoms with Crippen molar-refractivity contribution in [3.8, 4) is 0 Å². The van der Waals surface area contributed by atoms with Gasteiger partial charge in [-0.1, -0.05) is 31.9 Å². The van der Waals surface area contributed by atoms with Gasteiger partial charge in [-0.25, -0.2) is 0 Å². The van der Waals surface area contributed by atoms with E-state index < -0.39 is 0 Å². The van der Waals surface area contributed by atoms with E-state index >= 15 is 0 Å². The van der Waals surface area contributed by atoms with Crippen molar-refractivity contribution in [2.75, 3.05) is 19.0 Å². The van der Waals surface area contributed by atoms with E-state index in [1.807, 2.05) is 0 Å². The van der Waals surface area contributed by atoms with Crippen molar-refractivity contribution < 1.29 is 0 Å². The molecule has 0 aromatic carbocycles. The molecule has 0 aromatic rings. The van der Waals surface area contributed by atoms with E-state index in [-0.39, 0.29) is 0 Å². The Morgan fingerprint density at radius 2 is 2.14 bits per heavy atom. The second kappa shape index (κ2) is 7.30. The number of hydrogen-bond acceptors (Lipinski definition) is 1. The minimum Gasteiger partial charge on any atom is -0.297 e. The first kappa shape index (κ1) is 12.1. The summed E-state index contributed by atoms with van der Waals surface area (Å²) in [4.78, 5) is 2.61. The molecule has 1 unspecified atom stereocenters. The molecule has 0 amide bonds. The summed E-state index contributed by atoms with van der Waals surface area (Å²) in [5.41, 5.74) is 0. The SMILES string of the molecule is CCC1CCCCCN1C/C=C/CCl. The standard InChI is InChI=1S/C12H22ClN/c1-2-12-8-4-3-6-10-14(12)11-7-5-9-13/h5,7,12H,2-4,6,8-11H2,1H3/b7-5+. The summed E-state index contributed by atoms with van der Waals surface area (Å²) >= 11 is 5.62. The summed E-state index contributed by atoms with van der Waals surface area (Å²) in [6.07, 6.45) is 11.1. The Labute approximate surface area is 93.1 Å². The Balaban J connectivity index is 2.39. The van der Waals surface area contributed by atoms with Gasteiger partial charge in [0.15, 0.2) is 0 Å². The lowest BCUT2D eigenvalue weighted by molar-refractivity contribution is 0.216. The van der Waals surface area contributed by atoms with E-state index in [2.05, 4.69) is 24.0 Å². The van der Waals surface area contributed by atoms with Crippen LogP contribution in [0.5, 0.6) is 0 Å². The highest BCUT2D eigenvalue weighted by atomic mass is 35.5. The molecule has 1 atom stereocenters. The van der Waals surface area contributed by atoms with Crippen LogP contribution in [0.3, 0.4) is 0 Å². The minimum absolute atomic E-state index is 0.643. The third-order valence-electron chi connectivity index (χ3n) is 3.07. The first-order valence-electron chi connectivity index (χ1n) is 5.83. The first-order chi connectivity index (χ1) is 6.88. The van der Waals surface area contributed by atoms with Gasteiger partial charge in [0, 0.05) is 18.5 Å². The smallest absolute Gasteiger partial charge is 0.0404 e. The van der Waals surface area contributed by atoms with Crippen molar-refractivity contribution in [3.63, 3.8) is 0 Å². The number of halogens is 1. The number of allylic oxidation sites excluding steroid dienone is 1. The fourth-order valence-corrected chi connectivity index (χ4v) is 2.34. The molecule has 0 radical (unpaired) electrons. The van der Waals surface area contributed by atoms with Gasteiger partial charge in [-0.15, -0.1) is 11.6 Å². The van der Waals surface area contributed by atoms with Crippen molar-refractivity contribution in [2.24, 2.45) is 0 Å². The van der Waals surface area contributed by atoms with Gasteiger partial charge in [0.2, 0.25) is 0 Å². The van der Waals surface area contributed by atoms with Gasteiger partial charge in [0.05, 0.1) is 0 Å². The molecular formula is C12H22ClN. The molecule has 0 N–H and O–H groups in total. The number of likely N-dealkylation sites (tertiary alicyclic amines) is 1. The zero-order valence-electron chi connectivity index (χ0n) is 9.21. The molecule has 1 saturated heterocycles. The second-order valence-corrected chi connectivity index (χ2v) is 4.34. The van der Waals surface area contributed by atoms with Gasteiger partial charge < -0.3 is 0 Å². The van der Waals surface area contributed by atoms with Gasteiger partial charge in [-0.2, -0.15) is 0 Å². The molecule has 0 aromatic heterocycles. The Kier molecular flexibility index (Phi) is 6.29. The molecule has 2 heteroatoms. The average Bonchev–Trinajstić information content (AvgIpc) is 2.43. The highest BCUT2D eigenvalue weighted by Crippen LogP contribution is 2.18. The third-order valence-corrected chi connectivity index (χ3v) is 3.24. The zero-order chi connectivity index (χ0) is 10.2. The van der Waals surface area contributed by atoms with Crippen molar-refractivity contribution in [3.05, 3.63) is 12.2 Å². The number of alkyl halides is 1. The van der Waals surface area contributed by atoms with Crippen LogP contribution in [0, 0.1) is 0 Å². The molecule has 0 bridgehead atoms. The summed E-state index contributed by atoms with van der Waals surface area (Å²) in [7, 11) is 0. The molecule has 1 rings (SSSR count). The van der Waals surface area contributed by atoms with Gasteiger partial charge in [-0.05, 0) is 25.8 Å². The second-order valence-electron chi connectivity index (χ2n) is 4.03. The topological polar surface area (TPSA) is 3.24 Å². The lowest BCUT2D eigenvalue weighted by Crippen LogP contribution is -2.34. The molecule has 1 aliphatic rings. The summed E-state index contributed by atoms with van der Waals surface area (Å²) in [6, 6.07) is 0.803. The lowest BCUT2D eigenvalue weighted by Gasteiger charge is -2.27. The summed E-state index contributed by atoms with van der Waals surface area (Å²) in [6.45, 7) is 4.66. The van der Waals surface area contributed by atoms with Crippen LogP contribution < -0.4 is 0 Å². The molecule has 14 heavy (non-hydrogen) atoms. The maximum absolute atomic E-state index is 5.62. The number of nitrogens with zero attached hydrogens (tertiary/aromatic N) is 1. The van der Waals surface area contributed by atoms with Crippen molar-refractivity contribution in [1.29, 1.82) is 0 Å². The quantitative estimate of drug-likeness (QED) is 0.513. The first-order valence-corrected chi connectivity index (χ1v) is 6.37. The van der Waals surface area contributed by atoms with Crippen molar-refractivity contribution in [2.45, 2.75) is 45.1 Å². The van der Waals surface area contributed by atoms with E-state index in [0.29, 0.717) is 5.88 Å². The molecule has 0 aliphatic carbocycles. The highest BCUT2D eigenvalue weighted by Gasteiger charge is 2.17. The van der Waals surface area contributed by atoms with Crippen molar-refractivity contribution >= 4 is 11.6 Å². The molecule has 0 saturated carbocycles. The van der Waals surface area contributed by atoms with Crippen LogP contribution in [-0.2, 0) is 0 Å². The number of hydrogen-bond donors (Lipinski definition) is 0. The Hall–Kier alpha value is -0.0100. The van der Waals surface area contributed by atoms with E-state index in [0.717, 1.165) is 12.6 Å². The van der Waals surface area contributed by atoms with Crippen LogP contribution in [0.4, 0.5) is 0 Å². The van der Waals surface area contributed by atoms with Gasteiger partial charge in [0.25, 0.3) is 0 Å². The van der Waals surface area contributed by atoms with E-state index in [4.69, 9.17) is 11.6 Å². The summed E-state index contributed by atoms with van der Waals surface area (Å²) in [5.74, 6) is 0.643. The van der Waals surface area contributed by atoms with Gasteiger partial charge in [0.1, 0.15) is 0 Å². The molecule has 1 heterocycles. The number of rotatable bonds is 4. The molecule has 1 nitrogen and oxygen atoms in total. The Morgan fingerprint density at radius 1 is 1.29 bits per heavy atom. The average molecular weight is 216 g/mol. The van der Waals surface area contributed by atoms with Crippen LogP contribution in [0.25, 0.3) is 0 Å². The normalized spacial score (nSPS) is 25.4. The maximum Gasteiger partial charge on any atom is 0.0404 e. The monoisotopic (exact) mass is 215 g/mol. The van der Waals surface area contributed by atoms with Crippen LogP contribution in [-0.4, -0.2) is 29.9 Å². The fourth-order valence-electron chi connectivity index (χ4n) is 2.21. The van der Waals surface area contributed by atoms with E-state index in [1.165, 1.54) is 38.6 Å². The highest BCUT2D eigenvalue weighted by molar-refractivity contribution is 6.18. The van der Waals surface area contributed by atoms with E-state index in [9.17, 15) is 0 Å². The molecule has 0 spiro atoms. The largest absolute Gasteiger partial charge is 0.297 e. The Morgan fingerprint density at radius 3 is 2.86 bits per heavy atom. The van der Waals surface area contributed by atoms with Crippen LogP contribution in [0.15, 0.2) is 12.2 Å². The minimum atomic E-state index is 0.643. The lowest BCUT2D eigenvalue weighted by atomic mass is 10.1. The van der Waals surface area contributed by atoms with Crippen LogP contribution in [0.2, 0.25) is 0 Å². The van der Waals surface area contributed by atoms with Gasteiger partial charge >= 0.3 is 0 Å². The van der Waals surface area contributed by atoms with Crippen LogP contribution >= 0.6 is 11.6 Å². The summed E-state index contributed by atoms with van der Waals surface area (Å²) < 4.78 is 0. The molecule has 82 valence electrons. The summed E-state index contributed by atoms with van der Waals surface area (Å²) in [5, 5.41) is 0.